The number of aromatic nitrogens is 1. The molecule has 6 heteroatoms. The normalized spacial score (nSPS) is 9.94. The second-order valence-corrected chi connectivity index (χ2v) is 4.06. The summed E-state index contributed by atoms with van der Waals surface area (Å²) in [5, 5.41) is 2.71. The van der Waals surface area contributed by atoms with Gasteiger partial charge in [-0.05, 0) is 35.8 Å². The predicted molar refractivity (Wildman–Crippen MR) is 68.3 cm³/mol. The first-order chi connectivity index (χ1) is 7.58. The molecule has 1 aromatic rings. The molecule has 1 aromatic heterocycles. The number of hydrogen-bond donors (Lipinski definition) is 2. The number of carbonyl (C=O) groups is 1. The molecule has 0 aromatic carbocycles. The maximum Gasteiger partial charge on any atom is 0.323 e. The second-order valence-electron chi connectivity index (χ2n) is 3.20. The molecule has 1 heterocycles. The van der Waals surface area contributed by atoms with Crippen LogP contribution >= 0.6 is 15.9 Å². The Hall–Kier alpha value is -1.30. The first kappa shape index (κ1) is 12.8. The minimum absolute atomic E-state index is 0.164. The summed E-state index contributed by atoms with van der Waals surface area (Å²) in [6.07, 6.45) is 1.50. The number of rotatable bonds is 3. The number of pyridine rings is 1. The van der Waals surface area contributed by atoms with Crippen LogP contribution in [0, 0.1) is 0 Å². The van der Waals surface area contributed by atoms with Crippen LogP contribution in [0.1, 0.15) is 13.8 Å². The van der Waals surface area contributed by atoms with Crippen molar-refractivity contribution in [1.82, 2.24) is 9.88 Å². The highest BCUT2D eigenvalue weighted by atomic mass is 79.9. The van der Waals surface area contributed by atoms with E-state index in [2.05, 4.69) is 26.2 Å². The molecule has 88 valence electrons. The summed E-state index contributed by atoms with van der Waals surface area (Å²) in [6, 6.07) is 1.54. The van der Waals surface area contributed by atoms with Crippen LogP contribution in [0.3, 0.4) is 0 Å². The van der Waals surface area contributed by atoms with Crippen molar-refractivity contribution in [3.63, 3.8) is 0 Å². The predicted octanol–water partition coefficient (Wildman–Crippen LogP) is 2.30. The van der Waals surface area contributed by atoms with Gasteiger partial charge in [0.1, 0.15) is 5.82 Å². The van der Waals surface area contributed by atoms with E-state index in [1.165, 1.54) is 6.20 Å². The van der Waals surface area contributed by atoms with Crippen molar-refractivity contribution in [1.29, 1.82) is 0 Å². The Bertz CT molecular complexity index is 379. The zero-order valence-corrected chi connectivity index (χ0v) is 10.9. The van der Waals surface area contributed by atoms with Crippen LogP contribution in [0.25, 0.3) is 0 Å². The van der Waals surface area contributed by atoms with Crippen molar-refractivity contribution in [2.45, 2.75) is 13.8 Å². The zero-order chi connectivity index (χ0) is 12.1. The van der Waals surface area contributed by atoms with Crippen LogP contribution in [0.4, 0.5) is 16.3 Å². The quantitative estimate of drug-likeness (QED) is 0.896. The van der Waals surface area contributed by atoms with Crippen LogP contribution in [-0.4, -0.2) is 29.0 Å². The topological polar surface area (TPSA) is 71.2 Å². The molecule has 0 unspecified atom stereocenters. The average Bonchev–Trinajstić information content (AvgIpc) is 2.24. The molecule has 16 heavy (non-hydrogen) atoms. The highest BCUT2D eigenvalue weighted by molar-refractivity contribution is 9.10. The van der Waals surface area contributed by atoms with Crippen molar-refractivity contribution >= 4 is 33.5 Å². The summed E-state index contributed by atoms with van der Waals surface area (Å²) in [5.74, 6) is 0.478. The fourth-order valence-electron chi connectivity index (χ4n) is 1.24. The molecule has 0 radical (unpaired) electrons. The van der Waals surface area contributed by atoms with Gasteiger partial charge in [0.25, 0.3) is 0 Å². The molecule has 0 aliphatic heterocycles. The molecule has 0 bridgehead atoms. The molecule has 0 atom stereocenters. The van der Waals surface area contributed by atoms with E-state index < -0.39 is 0 Å². The van der Waals surface area contributed by atoms with E-state index >= 15 is 0 Å². The van der Waals surface area contributed by atoms with Gasteiger partial charge in [-0.3, -0.25) is 5.32 Å². The first-order valence-electron chi connectivity index (χ1n) is 5.05. The van der Waals surface area contributed by atoms with Gasteiger partial charge in [0, 0.05) is 13.1 Å². The Balaban J connectivity index is 2.76. The van der Waals surface area contributed by atoms with Gasteiger partial charge in [-0.2, -0.15) is 0 Å². The molecule has 0 aliphatic carbocycles. The highest BCUT2D eigenvalue weighted by Crippen LogP contribution is 2.21. The lowest BCUT2D eigenvalue weighted by Crippen LogP contribution is -2.34. The standard InChI is InChI=1S/C10H15BrN4O/c1-3-15(4-2)10(16)14-9-8(11)5-7(12)6-13-9/h5-6H,3-4,12H2,1-2H3,(H,13,14,16). The van der Waals surface area contributed by atoms with Gasteiger partial charge in [0.15, 0.2) is 0 Å². The maximum atomic E-state index is 11.7. The number of halogens is 1. The summed E-state index contributed by atoms with van der Waals surface area (Å²) in [4.78, 5) is 17.4. The van der Waals surface area contributed by atoms with Crippen LogP contribution in [0.2, 0.25) is 0 Å². The number of hydrogen-bond acceptors (Lipinski definition) is 3. The summed E-state index contributed by atoms with van der Waals surface area (Å²) < 4.78 is 0.674. The number of nitrogens with two attached hydrogens (primary N) is 1. The molecule has 0 aliphatic rings. The number of nitrogen functional groups attached to an aromatic ring is 1. The molecule has 0 saturated carbocycles. The minimum atomic E-state index is -0.164. The van der Waals surface area contributed by atoms with Crippen molar-refractivity contribution < 1.29 is 4.79 Å². The van der Waals surface area contributed by atoms with E-state index in [9.17, 15) is 4.79 Å². The number of amides is 2. The Morgan fingerprint density at radius 2 is 2.19 bits per heavy atom. The molecule has 2 amide bonds. The number of urea groups is 1. The third kappa shape index (κ3) is 3.10. The van der Waals surface area contributed by atoms with E-state index in [-0.39, 0.29) is 6.03 Å². The summed E-state index contributed by atoms with van der Waals surface area (Å²) in [7, 11) is 0. The van der Waals surface area contributed by atoms with Gasteiger partial charge in [-0.1, -0.05) is 0 Å². The van der Waals surface area contributed by atoms with E-state index in [1.807, 2.05) is 13.8 Å². The first-order valence-corrected chi connectivity index (χ1v) is 5.84. The van der Waals surface area contributed by atoms with E-state index in [4.69, 9.17) is 5.73 Å². The third-order valence-electron chi connectivity index (χ3n) is 2.14. The lowest BCUT2D eigenvalue weighted by Gasteiger charge is -2.19. The zero-order valence-electron chi connectivity index (χ0n) is 9.33. The third-order valence-corrected chi connectivity index (χ3v) is 2.74. The Morgan fingerprint density at radius 1 is 1.56 bits per heavy atom. The van der Waals surface area contributed by atoms with E-state index in [1.54, 1.807) is 11.0 Å². The van der Waals surface area contributed by atoms with Crippen LogP contribution in [0.15, 0.2) is 16.7 Å². The van der Waals surface area contributed by atoms with E-state index in [0.717, 1.165) is 0 Å². The Labute approximate surface area is 103 Å². The van der Waals surface area contributed by atoms with Gasteiger partial charge in [-0.15, -0.1) is 0 Å². The molecule has 5 nitrogen and oxygen atoms in total. The van der Waals surface area contributed by atoms with Gasteiger partial charge < -0.3 is 10.6 Å². The van der Waals surface area contributed by atoms with Crippen molar-refractivity contribution in [3.8, 4) is 0 Å². The van der Waals surface area contributed by atoms with Crippen LogP contribution in [-0.2, 0) is 0 Å². The number of nitrogens with one attached hydrogen (secondary N) is 1. The largest absolute Gasteiger partial charge is 0.397 e. The van der Waals surface area contributed by atoms with Crippen LogP contribution in [0.5, 0.6) is 0 Å². The molecule has 1 rings (SSSR count). The number of anilines is 2. The van der Waals surface area contributed by atoms with Gasteiger partial charge >= 0.3 is 6.03 Å². The summed E-state index contributed by atoms with van der Waals surface area (Å²) >= 11 is 3.29. The maximum absolute atomic E-state index is 11.7. The number of carbonyl (C=O) groups excluding carboxylic acids is 1. The highest BCUT2D eigenvalue weighted by Gasteiger charge is 2.11. The lowest BCUT2D eigenvalue weighted by molar-refractivity contribution is 0.217. The molecular formula is C10H15BrN4O. The minimum Gasteiger partial charge on any atom is -0.397 e. The fourth-order valence-corrected chi connectivity index (χ4v) is 1.70. The SMILES string of the molecule is CCN(CC)C(=O)Nc1ncc(N)cc1Br. The molecule has 0 fully saturated rings. The van der Waals surface area contributed by atoms with Crippen LogP contribution < -0.4 is 11.1 Å². The molecule has 0 saturated heterocycles. The van der Waals surface area contributed by atoms with Gasteiger partial charge in [0.05, 0.1) is 16.4 Å². The molecular weight excluding hydrogens is 272 g/mol. The Morgan fingerprint density at radius 3 is 2.69 bits per heavy atom. The Kier molecular flexibility index (Phi) is 4.54. The molecule has 3 N–H and O–H groups in total. The number of nitrogens with zero attached hydrogens (tertiary/aromatic N) is 2. The summed E-state index contributed by atoms with van der Waals surface area (Å²) in [6.45, 7) is 5.17. The average molecular weight is 287 g/mol. The van der Waals surface area contributed by atoms with Crippen molar-refractivity contribution in [2.24, 2.45) is 0 Å². The lowest BCUT2D eigenvalue weighted by atomic mass is 10.4. The summed E-state index contributed by atoms with van der Waals surface area (Å²) in [5.41, 5.74) is 6.10. The fraction of sp³-hybridized carbons (Fsp3) is 0.400. The monoisotopic (exact) mass is 286 g/mol. The van der Waals surface area contributed by atoms with E-state index in [0.29, 0.717) is 29.1 Å². The smallest absolute Gasteiger partial charge is 0.323 e. The second kappa shape index (κ2) is 5.69. The van der Waals surface area contributed by atoms with Crippen molar-refractivity contribution in [2.75, 3.05) is 24.1 Å². The van der Waals surface area contributed by atoms with Crippen molar-refractivity contribution in [3.05, 3.63) is 16.7 Å². The van der Waals surface area contributed by atoms with Gasteiger partial charge in [0.2, 0.25) is 0 Å². The van der Waals surface area contributed by atoms with Gasteiger partial charge in [-0.25, -0.2) is 9.78 Å². The molecule has 0 spiro atoms.